The molecule has 1 N–H and O–H groups in total. The maximum atomic E-state index is 3.95. The Hall–Kier alpha value is -1.01. The van der Waals surface area contributed by atoms with Crippen molar-refractivity contribution in [3.05, 3.63) is 5.82 Å². The predicted molar refractivity (Wildman–Crippen MR) is 46.9 cm³/mol. The number of nitrogens with zero attached hydrogens (tertiary/aromatic N) is 5. The van der Waals surface area contributed by atoms with Gasteiger partial charge in [-0.2, -0.15) is 0 Å². The van der Waals surface area contributed by atoms with Gasteiger partial charge in [0.15, 0.2) is 5.82 Å². The standard InChI is InChI=1S/C7H14N6/c1-12-7(9-10-11-12)6-13-4-2-8-3-5-13/h8H,2-6H2,1H3. The molecule has 2 heterocycles. The first-order valence-corrected chi connectivity index (χ1v) is 4.50. The quantitative estimate of drug-likeness (QED) is 0.610. The summed E-state index contributed by atoms with van der Waals surface area (Å²) in [5, 5.41) is 14.7. The summed E-state index contributed by atoms with van der Waals surface area (Å²) in [6.45, 7) is 5.13. The summed E-state index contributed by atoms with van der Waals surface area (Å²) in [7, 11) is 1.87. The van der Waals surface area contributed by atoms with E-state index >= 15 is 0 Å². The first-order chi connectivity index (χ1) is 6.36. The Morgan fingerprint density at radius 2 is 2.15 bits per heavy atom. The molecule has 1 aliphatic rings. The van der Waals surface area contributed by atoms with Gasteiger partial charge in [-0.25, -0.2) is 4.68 Å². The van der Waals surface area contributed by atoms with Crippen LogP contribution in [0.1, 0.15) is 5.82 Å². The number of hydrogen-bond donors (Lipinski definition) is 1. The normalized spacial score (nSPS) is 19.2. The van der Waals surface area contributed by atoms with E-state index in [4.69, 9.17) is 0 Å². The summed E-state index contributed by atoms with van der Waals surface area (Å²) in [4.78, 5) is 2.35. The van der Waals surface area contributed by atoms with Gasteiger partial charge >= 0.3 is 0 Å². The van der Waals surface area contributed by atoms with Crippen molar-refractivity contribution >= 4 is 0 Å². The molecule has 0 aliphatic carbocycles. The third-order valence-corrected chi connectivity index (χ3v) is 2.28. The van der Waals surface area contributed by atoms with Gasteiger partial charge in [0, 0.05) is 33.2 Å². The lowest BCUT2D eigenvalue weighted by Crippen LogP contribution is -2.43. The van der Waals surface area contributed by atoms with Crippen LogP contribution in [-0.2, 0) is 13.6 Å². The van der Waals surface area contributed by atoms with Crippen LogP contribution in [0.15, 0.2) is 0 Å². The molecule has 0 amide bonds. The van der Waals surface area contributed by atoms with E-state index in [0.717, 1.165) is 38.5 Å². The largest absolute Gasteiger partial charge is 0.314 e. The van der Waals surface area contributed by atoms with Gasteiger partial charge in [-0.05, 0) is 10.4 Å². The number of nitrogens with one attached hydrogen (secondary N) is 1. The van der Waals surface area contributed by atoms with Crippen molar-refractivity contribution in [1.29, 1.82) is 0 Å². The molecule has 1 aromatic heterocycles. The molecule has 0 atom stereocenters. The van der Waals surface area contributed by atoms with Crippen molar-refractivity contribution in [1.82, 2.24) is 30.4 Å². The third-order valence-electron chi connectivity index (χ3n) is 2.28. The van der Waals surface area contributed by atoms with Crippen molar-refractivity contribution in [2.75, 3.05) is 26.2 Å². The Bertz CT molecular complexity index is 264. The van der Waals surface area contributed by atoms with Crippen LogP contribution in [0, 0.1) is 0 Å². The molecule has 6 heteroatoms. The highest BCUT2D eigenvalue weighted by atomic mass is 15.5. The molecular formula is C7H14N6. The molecule has 0 bridgehead atoms. The highest BCUT2D eigenvalue weighted by Gasteiger charge is 2.12. The summed E-state index contributed by atoms with van der Waals surface area (Å²) in [5.74, 6) is 0.932. The summed E-state index contributed by atoms with van der Waals surface area (Å²) in [5.41, 5.74) is 0. The maximum Gasteiger partial charge on any atom is 0.164 e. The summed E-state index contributed by atoms with van der Waals surface area (Å²) < 4.78 is 1.72. The van der Waals surface area contributed by atoms with Crippen LogP contribution in [0.5, 0.6) is 0 Å². The fraction of sp³-hybridized carbons (Fsp3) is 0.857. The fourth-order valence-corrected chi connectivity index (χ4v) is 1.45. The molecule has 13 heavy (non-hydrogen) atoms. The lowest BCUT2D eigenvalue weighted by molar-refractivity contribution is 0.225. The average molecular weight is 182 g/mol. The van der Waals surface area contributed by atoms with E-state index in [2.05, 4.69) is 25.7 Å². The van der Waals surface area contributed by atoms with Gasteiger partial charge in [-0.15, -0.1) is 5.10 Å². The smallest absolute Gasteiger partial charge is 0.164 e. The summed E-state index contributed by atoms with van der Waals surface area (Å²) >= 11 is 0. The molecule has 72 valence electrons. The maximum absolute atomic E-state index is 3.95. The zero-order valence-corrected chi connectivity index (χ0v) is 7.77. The van der Waals surface area contributed by atoms with E-state index in [1.165, 1.54) is 0 Å². The second-order valence-electron chi connectivity index (χ2n) is 3.24. The molecule has 0 saturated carbocycles. The Balaban J connectivity index is 1.93. The lowest BCUT2D eigenvalue weighted by atomic mass is 10.3. The second-order valence-corrected chi connectivity index (χ2v) is 3.24. The molecule has 0 unspecified atom stereocenters. The molecule has 1 fully saturated rings. The van der Waals surface area contributed by atoms with Crippen LogP contribution >= 0.6 is 0 Å². The highest BCUT2D eigenvalue weighted by Crippen LogP contribution is 1.99. The van der Waals surface area contributed by atoms with Crippen molar-refractivity contribution in [2.24, 2.45) is 7.05 Å². The Kier molecular flexibility index (Phi) is 2.51. The zero-order chi connectivity index (χ0) is 9.10. The minimum Gasteiger partial charge on any atom is -0.314 e. The number of piperazine rings is 1. The molecule has 1 aromatic rings. The van der Waals surface area contributed by atoms with E-state index in [9.17, 15) is 0 Å². The topological polar surface area (TPSA) is 58.9 Å². The van der Waals surface area contributed by atoms with Gasteiger partial charge in [0.25, 0.3) is 0 Å². The molecule has 1 aliphatic heterocycles. The number of tetrazole rings is 1. The first kappa shape index (κ1) is 8.58. The van der Waals surface area contributed by atoms with Crippen LogP contribution in [0.2, 0.25) is 0 Å². The van der Waals surface area contributed by atoms with Gasteiger partial charge in [0.05, 0.1) is 6.54 Å². The number of aromatic nitrogens is 4. The Labute approximate surface area is 76.9 Å². The van der Waals surface area contributed by atoms with Crippen LogP contribution in [-0.4, -0.2) is 51.3 Å². The van der Waals surface area contributed by atoms with Gasteiger partial charge < -0.3 is 5.32 Å². The van der Waals surface area contributed by atoms with Gasteiger partial charge in [0.1, 0.15) is 0 Å². The highest BCUT2D eigenvalue weighted by molar-refractivity contribution is 4.81. The molecule has 0 spiro atoms. The van der Waals surface area contributed by atoms with E-state index in [0.29, 0.717) is 0 Å². The van der Waals surface area contributed by atoms with E-state index in [1.807, 2.05) is 7.05 Å². The van der Waals surface area contributed by atoms with Gasteiger partial charge in [-0.1, -0.05) is 0 Å². The monoisotopic (exact) mass is 182 g/mol. The van der Waals surface area contributed by atoms with Crippen LogP contribution in [0.25, 0.3) is 0 Å². The SMILES string of the molecule is Cn1nnnc1CN1CCNCC1. The third kappa shape index (κ3) is 2.02. The van der Waals surface area contributed by atoms with Crippen molar-refractivity contribution in [3.63, 3.8) is 0 Å². The summed E-state index contributed by atoms with van der Waals surface area (Å²) in [6, 6.07) is 0. The van der Waals surface area contributed by atoms with Gasteiger partial charge in [-0.3, -0.25) is 4.90 Å². The molecule has 6 nitrogen and oxygen atoms in total. The van der Waals surface area contributed by atoms with Crippen molar-refractivity contribution < 1.29 is 0 Å². The van der Waals surface area contributed by atoms with E-state index < -0.39 is 0 Å². The molecule has 2 rings (SSSR count). The van der Waals surface area contributed by atoms with Crippen LogP contribution in [0.3, 0.4) is 0 Å². The molecular weight excluding hydrogens is 168 g/mol. The molecule has 1 saturated heterocycles. The van der Waals surface area contributed by atoms with Crippen LogP contribution < -0.4 is 5.32 Å². The number of rotatable bonds is 2. The van der Waals surface area contributed by atoms with Crippen LogP contribution in [0.4, 0.5) is 0 Å². The Morgan fingerprint density at radius 3 is 2.77 bits per heavy atom. The zero-order valence-electron chi connectivity index (χ0n) is 7.77. The number of hydrogen-bond acceptors (Lipinski definition) is 5. The fourth-order valence-electron chi connectivity index (χ4n) is 1.45. The molecule has 0 aromatic carbocycles. The van der Waals surface area contributed by atoms with Gasteiger partial charge in [0.2, 0.25) is 0 Å². The Morgan fingerprint density at radius 1 is 1.38 bits per heavy atom. The minimum atomic E-state index is 0.852. The average Bonchev–Trinajstić information content (AvgIpc) is 2.54. The number of aryl methyl sites for hydroxylation is 1. The first-order valence-electron chi connectivity index (χ1n) is 4.50. The predicted octanol–water partition coefficient (Wildman–Crippen LogP) is -1.38. The van der Waals surface area contributed by atoms with E-state index in [-0.39, 0.29) is 0 Å². The summed E-state index contributed by atoms with van der Waals surface area (Å²) in [6.07, 6.45) is 0. The minimum absolute atomic E-state index is 0.852. The lowest BCUT2D eigenvalue weighted by Gasteiger charge is -2.26. The second kappa shape index (κ2) is 3.80. The van der Waals surface area contributed by atoms with Crippen molar-refractivity contribution in [3.8, 4) is 0 Å². The van der Waals surface area contributed by atoms with E-state index in [1.54, 1.807) is 4.68 Å². The molecule has 0 radical (unpaired) electrons. The van der Waals surface area contributed by atoms with Crippen molar-refractivity contribution in [2.45, 2.75) is 6.54 Å².